The monoisotopic (exact) mass is 574 g/mol. The maximum absolute atomic E-state index is 15.4. The van der Waals surface area contributed by atoms with Crippen LogP contribution >= 0.6 is 0 Å². The summed E-state index contributed by atoms with van der Waals surface area (Å²) in [5, 5.41) is 12.3. The van der Waals surface area contributed by atoms with Gasteiger partial charge in [-0.3, -0.25) is 10.00 Å². The van der Waals surface area contributed by atoms with Crippen LogP contribution in [0.25, 0.3) is 44.3 Å². The van der Waals surface area contributed by atoms with E-state index in [9.17, 15) is 0 Å². The fraction of sp³-hybridized carbons (Fsp3) is 0.206. The van der Waals surface area contributed by atoms with Crippen LogP contribution in [-0.4, -0.2) is 58.4 Å². The molecule has 0 unspecified atom stereocenters. The van der Waals surface area contributed by atoms with Gasteiger partial charge < -0.3 is 14.8 Å². The standard InChI is InChI=1S/C34H31FN6O2/c1-42-31-20-30-27(19-32(31)43-16-15-41-13-5-6-14-41)34(37-25-10-12-29-24(17-25)21-36-40-29)39-33(38-30)23-9-11-26(28(35)18-23)22-7-3-2-4-8-22/h2-4,7-12,17-21H,5-6,13-16H2,1H3,(H,36,40)(H,37,38,39). The van der Waals surface area contributed by atoms with Gasteiger partial charge in [-0.2, -0.15) is 5.10 Å². The summed E-state index contributed by atoms with van der Waals surface area (Å²) in [5.41, 5.74) is 4.31. The Morgan fingerprint density at radius 3 is 2.58 bits per heavy atom. The topological polar surface area (TPSA) is 88.2 Å². The molecule has 2 N–H and O–H groups in total. The third-order valence-electron chi connectivity index (χ3n) is 7.86. The molecule has 0 aliphatic carbocycles. The Bertz CT molecular complexity index is 1900. The van der Waals surface area contributed by atoms with E-state index in [4.69, 9.17) is 19.4 Å². The summed E-state index contributed by atoms with van der Waals surface area (Å²) < 4.78 is 27.3. The molecule has 2 aromatic heterocycles. The molecule has 1 saturated heterocycles. The van der Waals surface area contributed by atoms with Crippen molar-refractivity contribution in [3.05, 3.63) is 90.9 Å². The minimum atomic E-state index is -0.341. The second-order valence-electron chi connectivity index (χ2n) is 10.7. The molecule has 0 spiro atoms. The normalized spacial score (nSPS) is 13.5. The number of nitrogens with zero attached hydrogens (tertiary/aromatic N) is 4. The van der Waals surface area contributed by atoms with Gasteiger partial charge in [0.2, 0.25) is 0 Å². The molecule has 7 rings (SSSR count). The van der Waals surface area contributed by atoms with Crippen molar-refractivity contribution in [3.63, 3.8) is 0 Å². The van der Waals surface area contributed by atoms with E-state index in [0.29, 0.717) is 46.4 Å². The van der Waals surface area contributed by atoms with Crippen molar-refractivity contribution in [1.82, 2.24) is 25.1 Å². The second kappa shape index (κ2) is 11.7. The number of hydrogen-bond acceptors (Lipinski definition) is 7. The molecule has 1 aliphatic rings. The minimum absolute atomic E-state index is 0.341. The van der Waals surface area contributed by atoms with Gasteiger partial charge in [0, 0.05) is 40.2 Å². The Morgan fingerprint density at radius 1 is 0.907 bits per heavy atom. The first-order valence-electron chi connectivity index (χ1n) is 14.4. The molecule has 3 heterocycles. The first kappa shape index (κ1) is 26.9. The quantitative estimate of drug-likeness (QED) is 0.189. The maximum Gasteiger partial charge on any atom is 0.162 e. The van der Waals surface area contributed by atoms with E-state index in [1.165, 1.54) is 18.9 Å². The summed E-state index contributed by atoms with van der Waals surface area (Å²) >= 11 is 0. The molecule has 0 amide bonds. The molecule has 0 atom stereocenters. The van der Waals surface area contributed by atoms with Crippen molar-refractivity contribution in [2.75, 3.05) is 38.7 Å². The molecule has 6 aromatic rings. The van der Waals surface area contributed by atoms with Crippen LogP contribution in [-0.2, 0) is 0 Å². The van der Waals surface area contributed by atoms with Crippen LogP contribution in [0.4, 0.5) is 15.9 Å². The van der Waals surface area contributed by atoms with Crippen molar-refractivity contribution in [2.24, 2.45) is 0 Å². The highest BCUT2D eigenvalue weighted by Gasteiger charge is 2.18. The van der Waals surface area contributed by atoms with Crippen LogP contribution in [0.2, 0.25) is 0 Å². The third-order valence-corrected chi connectivity index (χ3v) is 7.86. The first-order chi connectivity index (χ1) is 21.1. The smallest absolute Gasteiger partial charge is 0.162 e. The number of rotatable bonds is 9. The lowest BCUT2D eigenvalue weighted by Gasteiger charge is -2.18. The van der Waals surface area contributed by atoms with Gasteiger partial charge in [-0.15, -0.1) is 0 Å². The Kier molecular flexibility index (Phi) is 7.30. The van der Waals surface area contributed by atoms with Gasteiger partial charge in [-0.25, -0.2) is 14.4 Å². The van der Waals surface area contributed by atoms with E-state index in [-0.39, 0.29) is 5.82 Å². The van der Waals surface area contributed by atoms with Crippen LogP contribution in [0, 0.1) is 5.82 Å². The molecule has 4 aromatic carbocycles. The lowest BCUT2D eigenvalue weighted by molar-refractivity contribution is 0.230. The van der Waals surface area contributed by atoms with E-state index in [1.54, 1.807) is 19.4 Å². The van der Waals surface area contributed by atoms with Gasteiger partial charge in [0.05, 0.1) is 24.3 Å². The molecule has 0 saturated carbocycles. The van der Waals surface area contributed by atoms with E-state index in [1.807, 2.05) is 66.7 Å². The fourth-order valence-electron chi connectivity index (χ4n) is 5.59. The number of hydrogen-bond donors (Lipinski definition) is 2. The zero-order valence-corrected chi connectivity index (χ0v) is 23.8. The average Bonchev–Trinajstić information content (AvgIpc) is 3.73. The first-order valence-corrected chi connectivity index (χ1v) is 14.4. The highest BCUT2D eigenvalue weighted by atomic mass is 19.1. The number of anilines is 2. The number of fused-ring (bicyclic) bond motifs is 2. The summed E-state index contributed by atoms with van der Waals surface area (Å²) in [6.45, 7) is 3.62. The highest BCUT2D eigenvalue weighted by molar-refractivity contribution is 5.95. The van der Waals surface area contributed by atoms with Crippen molar-refractivity contribution in [1.29, 1.82) is 0 Å². The van der Waals surface area contributed by atoms with Gasteiger partial charge >= 0.3 is 0 Å². The number of nitrogens with one attached hydrogen (secondary N) is 2. The lowest BCUT2D eigenvalue weighted by atomic mass is 10.0. The van der Waals surface area contributed by atoms with Gasteiger partial charge in [-0.1, -0.05) is 42.5 Å². The average molecular weight is 575 g/mol. The van der Waals surface area contributed by atoms with E-state index in [0.717, 1.165) is 47.2 Å². The number of H-pyrrole nitrogens is 1. The van der Waals surface area contributed by atoms with Crippen molar-refractivity contribution in [2.45, 2.75) is 12.8 Å². The number of likely N-dealkylation sites (tertiary alicyclic amines) is 1. The largest absolute Gasteiger partial charge is 0.493 e. The number of aromatic nitrogens is 4. The Labute approximate surface area is 248 Å². The van der Waals surface area contributed by atoms with Crippen LogP contribution in [0.1, 0.15) is 12.8 Å². The molecule has 216 valence electrons. The van der Waals surface area contributed by atoms with Crippen LogP contribution in [0.3, 0.4) is 0 Å². The number of aromatic amines is 1. The molecule has 1 aliphatic heterocycles. The van der Waals surface area contributed by atoms with Crippen LogP contribution in [0.5, 0.6) is 11.5 Å². The second-order valence-corrected chi connectivity index (χ2v) is 10.7. The molecule has 0 bridgehead atoms. The Hall–Kier alpha value is -5.02. The highest BCUT2D eigenvalue weighted by Crippen LogP contribution is 2.37. The van der Waals surface area contributed by atoms with Crippen molar-refractivity contribution < 1.29 is 13.9 Å². The zero-order chi connectivity index (χ0) is 29.2. The predicted molar refractivity (Wildman–Crippen MR) is 167 cm³/mol. The molecule has 8 nitrogen and oxygen atoms in total. The summed E-state index contributed by atoms with van der Waals surface area (Å²) in [6.07, 6.45) is 4.24. The van der Waals surface area contributed by atoms with Crippen LogP contribution in [0.15, 0.2) is 85.1 Å². The van der Waals surface area contributed by atoms with Crippen molar-refractivity contribution >= 4 is 33.3 Å². The molecular weight excluding hydrogens is 543 g/mol. The molecule has 0 radical (unpaired) electrons. The number of halogens is 1. The molecule has 1 fully saturated rings. The van der Waals surface area contributed by atoms with Gasteiger partial charge in [0.15, 0.2) is 17.3 Å². The van der Waals surface area contributed by atoms with E-state index >= 15 is 4.39 Å². The van der Waals surface area contributed by atoms with Gasteiger partial charge in [0.1, 0.15) is 18.2 Å². The number of ether oxygens (including phenoxy) is 2. The van der Waals surface area contributed by atoms with Gasteiger partial charge in [0.25, 0.3) is 0 Å². The Balaban J connectivity index is 1.29. The summed E-state index contributed by atoms with van der Waals surface area (Å²) in [5.74, 6) is 1.82. The number of benzene rings is 4. The van der Waals surface area contributed by atoms with E-state index in [2.05, 4.69) is 20.4 Å². The number of methoxy groups -OCH3 is 1. The zero-order valence-electron chi connectivity index (χ0n) is 23.8. The SMILES string of the molecule is COc1cc2nc(-c3ccc(-c4ccccc4)c(F)c3)nc(Nc3ccc4[nH]ncc4c3)c2cc1OCCN1CCCC1. The fourth-order valence-corrected chi connectivity index (χ4v) is 5.59. The lowest BCUT2D eigenvalue weighted by Crippen LogP contribution is -2.25. The summed E-state index contributed by atoms with van der Waals surface area (Å²) in [4.78, 5) is 12.2. The third kappa shape index (κ3) is 5.59. The Morgan fingerprint density at radius 2 is 1.77 bits per heavy atom. The minimum Gasteiger partial charge on any atom is -0.493 e. The summed E-state index contributed by atoms with van der Waals surface area (Å²) in [7, 11) is 1.62. The van der Waals surface area contributed by atoms with Gasteiger partial charge in [-0.05, 0) is 61.8 Å². The molecule has 43 heavy (non-hydrogen) atoms. The summed E-state index contributed by atoms with van der Waals surface area (Å²) in [6, 6.07) is 24.3. The maximum atomic E-state index is 15.4. The molecule has 9 heteroatoms. The van der Waals surface area contributed by atoms with Crippen LogP contribution < -0.4 is 14.8 Å². The van der Waals surface area contributed by atoms with Crippen molar-refractivity contribution in [3.8, 4) is 34.0 Å². The van der Waals surface area contributed by atoms with E-state index < -0.39 is 0 Å². The predicted octanol–water partition coefficient (Wildman–Crippen LogP) is 7.21. The molecular formula is C34H31FN6O2.